The van der Waals surface area contributed by atoms with Crippen LogP contribution in [0.1, 0.15) is 18.9 Å². The van der Waals surface area contributed by atoms with E-state index in [9.17, 15) is 4.79 Å². The van der Waals surface area contributed by atoms with Crippen LogP contribution in [0.25, 0.3) is 0 Å². The number of methoxy groups -OCH3 is 1. The molecule has 0 unspecified atom stereocenters. The molecule has 5 heteroatoms. The van der Waals surface area contributed by atoms with E-state index < -0.39 is 0 Å². The van der Waals surface area contributed by atoms with Gasteiger partial charge in [0, 0.05) is 17.6 Å². The fourth-order valence-electron chi connectivity index (χ4n) is 1.61. The zero-order chi connectivity index (χ0) is 14.3. The number of carbonyl (C=O) groups is 1. The van der Waals surface area contributed by atoms with Crippen LogP contribution >= 0.6 is 11.6 Å². The van der Waals surface area contributed by atoms with E-state index >= 15 is 0 Å². The zero-order valence-electron chi connectivity index (χ0n) is 11.6. The van der Waals surface area contributed by atoms with E-state index in [2.05, 4.69) is 17.6 Å². The Hall–Kier alpha value is -1.26. The van der Waals surface area contributed by atoms with Gasteiger partial charge in [-0.25, -0.2) is 0 Å². The van der Waals surface area contributed by atoms with Gasteiger partial charge in [0.15, 0.2) is 0 Å². The summed E-state index contributed by atoms with van der Waals surface area (Å²) in [5, 5.41) is 6.56. The maximum absolute atomic E-state index is 11.8. The van der Waals surface area contributed by atoms with Gasteiger partial charge in [0.2, 0.25) is 5.91 Å². The Bertz CT molecular complexity index is 424. The Labute approximate surface area is 119 Å². The lowest BCUT2D eigenvalue weighted by Crippen LogP contribution is -2.31. The van der Waals surface area contributed by atoms with Gasteiger partial charge >= 0.3 is 0 Å². The highest BCUT2D eigenvalue weighted by Gasteiger charge is 2.08. The number of amides is 1. The smallest absolute Gasteiger partial charge is 0.224 e. The van der Waals surface area contributed by atoms with Crippen LogP contribution < -0.4 is 15.4 Å². The number of halogens is 1. The third-order valence-electron chi connectivity index (χ3n) is 3.00. The quantitative estimate of drug-likeness (QED) is 0.805. The maximum Gasteiger partial charge on any atom is 0.224 e. The zero-order valence-corrected chi connectivity index (χ0v) is 12.4. The third-order valence-corrected chi connectivity index (χ3v) is 3.36. The summed E-state index contributed by atoms with van der Waals surface area (Å²) >= 11 is 6.09. The molecule has 1 rings (SSSR count). The number of ether oxygens (including phenoxy) is 1. The Balaban J connectivity index is 2.44. The number of hydrogen-bond donors (Lipinski definition) is 2. The Kier molecular flexibility index (Phi) is 6.67. The van der Waals surface area contributed by atoms with Gasteiger partial charge in [0.25, 0.3) is 0 Å². The Morgan fingerprint density at radius 3 is 2.79 bits per heavy atom. The van der Waals surface area contributed by atoms with Crippen LogP contribution in [-0.4, -0.2) is 32.7 Å². The van der Waals surface area contributed by atoms with Crippen molar-refractivity contribution in [3.05, 3.63) is 28.8 Å². The molecule has 0 aliphatic heterocycles. The first-order chi connectivity index (χ1) is 9.06. The molecule has 0 fully saturated rings. The standard InChI is InChI=1S/C14H21ClN2O2/c1-10(16-2)6-7-17-14(18)8-11-4-5-12(19-3)9-13(11)15/h4-5,9-10,16H,6-8H2,1-3H3,(H,17,18)/t10-/m1/s1. The molecule has 2 N–H and O–H groups in total. The van der Waals surface area contributed by atoms with Gasteiger partial charge in [-0.2, -0.15) is 0 Å². The highest BCUT2D eigenvalue weighted by atomic mass is 35.5. The second-order valence-corrected chi connectivity index (χ2v) is 4.87. The van der Waals surface area contributed by atoms with Crippen LogP contribution in [0.2, 0.25) is 5.02 Å². The third kappa shape index (κ3) is 5.49. The Morgan fingerprint density at radius 2 is 2.21 bits per heavy atom. The molecule has 0 radical (unpaired) electrons. The lowest BCUT2D eigenvalue weighted by molar-refractivity contribution is -0.120. The molecule has 0 bridgehead atoms. The van der Waals surface area contributed by atoms with Crippen molar-refractivity contribution in [3.63, 3.8) is 0 Å². The van der Waals surface area contributed by atoms with Crippen molar-refractivity contribution in [3.8, 4) is 5.75 Å². The summed E-state index contributed by atoms with van der Waals surface area (Å²) in [5.74, 6) is 0.673. The summed E-state index contributed by atoms with van der Waals surface area (Å²) in [6.07, 6.45) is 1.19. The minimum atomic E-state index is -0.0182. The SMILES string of the molecule is CN[C@H](C)CCNC(=O)Cc1ccc(OC)cc1Cl. The second kappa shape index (κ2) is 8.02. The molecule has 19 heavy (non-hydrogen) atoms. The van der Waals surface area contributed by atoms with Crippen LogP contribution in [0.5, 0.6) is 5.75 Å². The molecule has 0 aromatic heterocycles. The average Bonchev–Trinajstić information content (AvgIpc) is 2.40. The fraction of sp³-hybridized carbons (Fsp3) is 0.500. The molecule has 0 aliphatic rings. The molecule has 0 aliphatic carbocycles. The van der Waals surface area contributed by atoms with Gasteiger partial charge in [-0.3, -0.25) is 4.79 Å². The summed E-state index contributed by atoms with van der Waals surface area (Å²) < 4.78 is 5.07. The van der Waals surface area contributed by atoms with Crippen molar-refractivity contribution in [2.75, 3.05) is 20.7 Å². The van der Waals surface area contributed by atoms with Crippen molar-refractivity contribution >= 4 is 17.5 Å². The largest absolute Gasteiger partial charge is 0.497 e. The van der Waals surface area contributed by atoms with Gasteiger partial charge in [-0.1, -0.05) is 17.7 Å². The highest BCUT2D eigenvalue weighted by molar-refractivity contribution is 6.31. The molecule has 1 amide bonds. The maximum atomic E-state index is 11.8. The fourth-order valence-corrected chi connectivity index (χ4v) is 1.84. The summed E-state index contributed by atoms with van der Waals surface area (Å²) in [7, 11) is 3.49. The van der Waals surface area contributed by atoms with Gasteiger partial charge < -0.3 is 15.4 Å². The van der Waals surface area contributed by atoms with E-state index in [0.29, 0.717) is 23.4 Å². The van der Waals surface area contributed by atoms with Crippen LogP contribution in [0.4, 0.5) is 0 Å². The van der Waals surface area contributed by atoms with Crippen molar-refractivity contribution in [2.24, 2.45) is 0 Å². The monoisotopic (exact) mass is 284 g/mol. The van der Waals surface area contributed by atoms with Crippen LogP contribution in [0, 0.1) is 0 Å². The van der Waals surface area contributed by atoms with Gasteiger partial charge in [0.1, 0.15) is 5.75 Å². The molecular weight excluding hydrogens is 264 g/mol. The number of nitrogens with one attached hydrogen (secondary N) is 2. The molecule has 4 nitrogen and oxygen atoms in total. The molecule has 106 valence electrons. The number of benzene rings is 1. The number of carbonyl (C=O) groups excluding carboxylic acids is 1. The predicted octanol–water partition coefficient (Wildman–Crippen LogP) is 2.01. The van der Waals surface area contributed by atoms with Gasteiger partial charge in [-0.15, -0.1) is 0 Å². The summed E-state index contributed by atoms with van der Waals surface area (Å²) in [6, 6.07) is 5.73. The minimum Gasteiger partial charge on any atom is -0.497 e. The van der Waals surface area contributed by atoms with Gasteiger partial charge in [0.05, 0.1) is 13.5 Å². The van der Waals surface area contributed by atoms with Gasteiger partial charge in [-0.05, 0) is 38.1 Å². The molecule has 0 heterocycles. The van der Waals surface area contributed by atoms with Crippen molar-refractivity contribution in [1.82, 2.24) is 10.6 Å². The van der Waals surface area contributed by atoms with Crippen molar-refractivity contribution in [1.29, 1.82) is 0 Å². The highest BCUT2D eigenvalue weighted by Crippen LogP contribution is 2.22. The number of hydrogen-bond acceptors (Lipinski definition) is 3. The molecule has 1 atom stereocenters. The van der Waals surface area contributed by atoms with Crippen molar-refractivity contribution < 1.29 is 9.53 Å². The van der Waals surface area contributed by atoms with Crippen LogP contribution in [-0.2, 0) is 11.2 Å². The molecule has 0 saturated carbocycles. The van der Waals surface area contributed by atoms with E-state index in [1.807, 2.05) is 13.1 Å². The summed E-state index contributed by atoms with van der Waals surface area (Å²) in [4.78, 5) is 11.8. The molecule has 1 aromatic rings. The lowest BCUT2D eigenvalue weighted by atomic mass is 10.1. The number of rotatable bonds is 7. The first-order valence-corrected chi connectivity index (χ1v) is 6.71. The minimum absolute atomic E-state index is 0.0182. The van der Waals surface area contributed by atoms with E-state index in [1.165, 1.54) is 0 Å². The lowest BCUT2D eigenvalue weighted by Gasteiger charge is -2.11. The van der Waals surface area contributed by atoms with E-state index in [-0.39, 0.29) is 12.3 Å². The summed E-state index contributed by atoms with van der Waals surface area (Å²) in [5.41, 5.74) is 0.807. The summed E-state index contributed by atoms with van der Waals surface area (Å²) in [6.45, 7) is 2.74. The average molecular weight is 285 g/mol. The van der Waals surface area contributed by atoms with E-state index in [4.69, 9.17) is 16.3 Å². The van der Waals surface area contributed by atoms with E-state index in [1.54, 1.807) is 19.2 Å². The van der Waals surface area contributed by atoms with Crippen LogP contribution in [0.3, 0.4) is 0 Å². The predicted molar refractivity (Wildman–Crippen MR) is 77.9 cm³/mol. The first-order valence-electron chi connectivity index (χ1n) is 6.33. The van der Waals surface area contributed by atoms with Crippen molar-refractivity contribution in [2.45, 2.75) is 25.8 Å². The second-order valence-electron chi connectivity index (χ2n) is 4.46. The molecule has 0 spiro atoms. The topological polar surface area (TPSA) is 50.4 Å². The Morgan fingerprint density at radius 1 is 1.47 bits per heavy atom. The van der Waals surface area contributed by atoms with E-state index in [0.717, 1.165) is 12.0 Å². The van der Waals surface area contributed by atoms with Crippen LogP contribution in [0.15, 0.2) is 18.2 Å². The molecular formula is C14H21ClN2O2. The molecule has 0 saturated heterocycles. The first kappa shape index (κ1) is 15.8. The normalized spacial score (nSPS) is 12.0. The molecule has 1 aromatic carbocycles.